The van der Waals surface area contributed by atoms with Crippen molar-refractivity contribution in [1.29, 1.82) is 0 Å². The summed E-state index contributed by atoms with van der Waals surface area (Å²) < 4.78 is 72.4. The van der Waals surface area contributed by atoms with Gasteiger partial charge < -0.3 is 29.7 Å². The number of carbonyl (C=O) groups is 1. The number of halogens is 1. The third kappa shape index (κ3) is 12.6. The first kappa shape index (κ1) is 51.9. The molecule has 3 heterocycles. The Morgan fingerprint density at radius 3 is 2.12 bits per heavy atom. The fourth-order valence-corrected chi connectivity index (χ4v) is 11.8. The fourth-order valence-electron chi connectivity index (χ4n) is 9.24. The molecule has 2 saturated heterocycles. The van der Waals surface area contributed by atoms with Crippen LogP contribution >= 0.6 is 11.8 Å². The van der Waals surface area contributed by atoms with E-state index in [4.69, 9.17) is 0 Å². The number of benzene rings is 5. The van der Waals surface area contributed by atoms with Crippen LogP contribution in [0.25, 0.3) is 22.4 Å². The third-order valence-electron chi connectivity index (χ3n) is 13.3. The first-order valence-electron chi connectivity index (χ1n) is 23.6. The Kier molecular flexibility index (Phi) is 15.7. The number of rotatable bonds is 18. The van der Waals surface area contributed by atoms with E-state index in [0.29, 0.717) is 79.3 Å². The molecule has 0 unspecified atom stereocenters. The van der Waals surface area contributed by atoms with E-state index in [9.17, 15) is 41.2 Å². The molecule has 72 heavy (non-hydrogen) atoms. The van der Waals surface area contributed by atoms with Gasteiger partial charge >= 0.3 is 0 Å². The Labute approximate surface area is 424 Å². The highest BCUT2D eigenvalue weighted by Gasteiger charge is 2.30. The van der Waals surface area contributed by atoms with Crippen molar-refractivity contribution in [2.75, 3.05) is 77.7 Å². The van der Waals surface area contributed by atoms with Gasteiger partial charge in [-0.2, -0.15) is 0 Å². The van der Waals surface area contributed by atoms with Gasteiger partial charge in [-0.3, -0.25) is 19.6 Å². The highest BCUT2D eigenvalue weighted by Crippen LogP contribution is 2.40. The quantitative estimate of drug-likeness (QED) is 0.0364. The molecule has 0 spiro atoms. The number of hydrogen-bond donors (Lipinski definition) is 4. The number of piperazine rings is 1. The van der Waals surface area contributed by atoms with Gasteiger partial charge in [-0.25, -0.2) is 25.9 Å². The number of carbonyl (C=O) groups excluding carboxylic acids is 1. The van der Waals surface area contributed by atoms with Crippen molar-refractivity contribution in [3.63, 3.8) is 0 Å². The number of aromatic nitrogens is 1. The second kappa shape index (κ2) is 21.7. The van der Waals surface area contributed by atoms with Crippen LogP contribution in [0.4, 0.5) is 32.8 Å². The molecule has 1 atom stereocenters. The number of thioether (sulfide) groups is 1. The van der Waals surface area contributed by atoms with E-state index in [-0.39, 0.29) is 33.6 Å². The molecule has 4 N–H and O–H groups in total. The minimum absolute atomic E-state index is 0.182. The van der Waals surface area contributed by atoms with E-state index >= 15 is 0 Å². The number of nitro benzene ring substituents is 1. The zero-order valence-electron chi connectivity index (χ0n) is 40.5. The van der Waals surface area contributed by atoms with Gasteiger partial charge in [0.1, 0.15) is 11.5 Å². The number of nitrogens with zero attached hydrogens (tertiary/aromatic N) is 5. The number of piperidine rings is 1. The first-order valence-corrected chi connectivity index (χ1v) is 28.0. The summed E-state index contributed by atoms with van der Waals surface area (Å²) in [5, 5.41) is 26.3. The fraction of sp³-hybridized carbons (Fsp3) is 0.327. The third-order valence-corrected chi connectivity index (χ3v) is 16.4. The smallest absolute Gasteiger partial charge is 0.293 e. The maximum Gasteiger partial charge on any atom is 0.293 e. The zero-order valence-corrected chi connectivity index (χ0v) is 43.0. The molecular weight excluding hydrogens is 980 g/mol. The van der Waals surface area contributed by atoms with Gasteiger partial charge in [0.05, 0.1) is 32.9 Å². The molecule has 0 aliphatic carbocycles. The van der Waals surface area contributed by atoms with Crippen LogP contribution in [0.3, 0.4) is 0 Å². The lowest BCUT2D eigenvalue weighted by atomic mass is 9.94. The Morgan fingerprint density at radius 2 is 1.49 bits per heavy atom. The standard InChI is InChI=1S/C52H59FN8O8S3/c1-36-48(51(62)56-71(4,66)67)49(50(57(36)3)37-13-15-39(53)16-14-37)38-9-8-10-43(33-38)60-31-29-59(30-32-60)42-19-17-40(18-20-42)55-72(68,69)45-21-22-46(47(34-45)61(64)65)54-41(35-70-44-11-6-5-7-12-44)23-26-58-27-24-52(2,63)25-28-58/h5-22,33-34,41,54-55,63H,23-32,35H2,1-4H3,(H,56,62)/t41-/m1/s1. The SMILES string of the molecule is Cc1c(C(=O)NS(C)(=O)=O)c(-c2cccc(N3CCN(c4ccc(NS(=O)(=O)c5ccc(N[C@H](CCN6CCC(C)(O)CC6)CSc6ccccc6)c([N+](=O)[O-])c5)cc4)CC3)c2)c(-c2ccc(F)cc2)n1C. The molecule has 2 aliphatic heterocycles. The van der Waals surface area contributed by atoms with E-state index in [2.05, 4.69) is 29.5 Å². The molecule has 0 bridgehead atoms. The average molecular weight is 1040 g/mol. The number of nitro groups is 1. The molecule has 8 rings (SSSR count). The normalized spacial score (nSPS) is 15.8. The topological polar surface area (TPSA) is 199 Å². The van der Waals surface area contributed by atoms with Crippen LogP contribution < -0.4 is 24.6 Å². The van der Waals surface area contributed by atoms with Crippen molar-refractivity contribution < 1.29 is 36.1 Å². The van der Waals surface area contributed by atoms with Gasteiger partial charge in [-0.05, 0) is 129 Å². The molecule has 2 fully saturated rings. The van der Waals surface area contributed by atoms with Crippen molar-refractivity contribution in [2.24, 2.45) is 7.05 Å². The van der Waals surface area contributed by atoms with Crippen LogP contribution in [-0.4, -0.2) is 112 Å². The number of hydrogen-bond acceptors (Lipinski definition) is 13. The number of anilines is 4. The molecule has 380 valence electrons. The number of likely N-dealkylation sites (tertiary alicyclic amines) is 1. The lowest BCUT2D eigenvalue weighted by molar-refractivity contribution is -0.384. The van der Waals surface area contributed by atoms with Gasteiger partial charge in [-0.15, -0.1) is 11.8 Å². The Balaban J connectivity index is 0.931. The van der Waals surface area contributed by atoms with Crippen LogP contribution in [0, 0.1) is 22.9 Å². The second-order valence-corrected chi connectivity index (χ2v) is 23.2. The molecule has 1 aromatic heterocycles. The Bertz CT molecular complexity index is 3140. The monoisotopic (exact) mass is 1040 g/mol. The zero-order chi connectivity index (χ0) is 51.4. The van der Waals surface area contributed by atoms with Crippen LogP contribution in [0.1, 0.15) is 42.2 Å². The van der Waals surface area contributed by atoms with E-state index in [1.807, 2.05) is 73.7 Å². The van der Waals surface area contributed by atoms with Crippen molar-refractivity contribution in [3.05, 3.63) is 149 Å². The van der Waals surface area contributed by atoms with Gasteiger partial charge in [0, 0.05) is 104 Å². The summed E-state index contributed by atoms with van der Waals surface area (Å²) in [6.45, 7) is 8.33. The minimum atomic E-state index is -4.23. The van der Waals surface area contributed by atoms with E-state index in [0.717, 1.165) is 48.2 Å². The van der Waals surface area contributed by atoms with Gasteiger partial charge in [0.2, 0.25) is 10.0 Å². The predicted molar refractivity (Wildman–Crippen MR) is 284 cm³/mol. The summed E-state index contributed by atoms with van der Waals surface area (Å²) >= 11 is 1.63. The second-order valence-electron chi connectivity index (χ2n) is 18.7. The molecule has 2 aliphatic rings. The molecule has 0 radical (unpaired) electrons. The van der Waals surface area contributed by atoms with Crippen LogP contribution in [-0.2, 0) is 27.1 Å². The van der Waals surface area contributed by atoms with E-state index in [1.54, 1.807) is 54.6 Å². The molecular formula is C52H59FN8O8S3. The van der Waals surface area contributed by atoms with Gasteiger partial charge in [-0.1, -0.05) is 30.3 Å². The first-order chi connectivity index (χ1) is 34.2. The molecule has 20 heteroatoms. The summed E-state index contributed by atoms with van der Waals surface area (Å²) in [5.41, 5.74) is 4.43. The van der Waals surface area contributed by atoms with Crippen LogP contribution in [0.15, 0.2) is 131 Å². The maximum absolute atomic E-state index is 14.0. The minimum Gasteiger partial charge on any atom is -0.390 e. The lowest BCUT2D eigenvalue weighted by Crippen LogP contribution is -2.46. The largest absolute Gasteiger partial charge is 0.390 e. The predicted octanol–water partition coefficient (Wildman–Crippen LogP) is 8.34. The van der Waals surface area contributed by atoms with Crippen LogP contribution in [0.2, 0.25) is 0 Å². The lowest BCUT2D eigenvalue weighted by Gasteiger charge is -2.37. The number of amides is 1. The number of aliphatic hydroxyl groups is 1. The molecule has 16 nitrogen and oxygen atoms in total. The van der Waals surface area contributed by atoms with Gasteiger partial charge in [0.25, 0.3) is 21.6 Å². The van der Waals surface area contributed by atoms with Crippen molar-refractivity contribution in [3.8, 4) is 22.4 Å². The maximum atomic E-state index is 14.0. The highest BCUT2D eigenvalue weighted by molar-refractivity contribution is 7.99. The number of nitrogens with one attached hydrogen (secondary N) is 3. The van der Waals surface area contributed by atoms with Crippen LogP contribution in [0.5, 0.6) is 0 Å². The molecule has 5 aromatic carbocycles. The van der Waals surface area contributed by atoms with Crippen molar-refractivity contribution in [1.82, 2.24) is 14.2 Å². The Hall–Kier alpha value is -6.45. The molecule has 0 saturated carbocycles. The van der Waals surface area contributed by atoms with E-state index < -0.39 is 42.3 Å². The highest BCUT2D eigenvalue weighted by atomic mass is 32.2. The van der Waals surface area contributed by atoms with Crippen molar-refractivity contribution in [2.45, 2.75) is 54.5 Å². The molecule has 1 amide bonds. The summed E-state index contributed by atoms with van der Waals surface area (Å²) in [4.78, 5) is 33.0. The Morgan fingerprint density at radius 1 is 0.833 bits per heavy atom. The summed E-state index contributed by atoms with van der Waals surface area (Å²) in [6, 6.07) is 34.2. The summed E-state index contributed by atoms with van der Waals surface area (Å²) in [5.74, 6) is -0.570. The summed E-state index contributed by atoms with van der Waals surface area (Å²) in [7, 11) is -6.34. The molecule has 6 aromatic rings. The van der Waals surface area contributed by atoms with E-state index in [1.165, 1.54) is 24.3 Å². The van der Waals surface area contributed by atoms with Gasteiger partial charge in [0.15, 0.2) is 0 Å². The van der Waals surface area contributed by atoms with Crippen molar-refractivity contribution >= 4 is 66.2 Å². The average Bonchev–Trinajstić information content (AvgIpc) is 3.62. The summed E-state index contributed by atoms with van der Waals surface area (Å²) in [6.07, 6.45) is 2.94. The number of sulfonamides is 2.